The van der Waals surface area contributed by atoms with Gasteiger partial charge in [0.05, 0.1) is 0 Å². The van der Waals surface area contributed by atoms with Gasteiger partial charge in [-0.25, -0.2) is 0 Å². The molecule has 0 radical (unpaired) electrons. The second-order valence-corrected chi connectivity index (χ2v) is 8.45. The van der Waals surface area contributed by atoms with Crippen molar-refractivity contribution in [1.82, 2.24) is 0 Å². The molecule has 0 amide bonds. The van der Waals surface area contributed by atoms with Crippen LogP contribution in [-0.4, -0.2) is 0 Å². The van der Waals surface area contributed by atoms with E-state index in [1.54, 1.807) is 0 Å². The van der Waals surface area contributed by atoms with E-state index in [0.717, 1.165) is 0 Å². The summed E-state index contributed by atoms with van der Waals surface area (Å²) >= 11 is 6.82. The Kier molecular flexibility index (Phi) is 9.21. The van der Waals surface area contributed by atoms with Crippen molar-refractivity contribution in [2.75, 3.05) is 0 Å². The number of hydrogen-bond donors (Lipinski definition) is 0. The molecule has 1 aromatic rings. The van der Waals surface area contributed by atoms with Gasteiger partial charge in [-0.3, -0.25) is 0 Å². The molecule has 0 aliphatic heterocycles. The second kappa shape index (κ2) is 8.44. The first-order valence-electron chi connectivity index (χ1n) is 4.84. The fourth-order valence-corrected chi connectivity index (χ4v) is 5.79. The van der Waals surface area contributed by atoms with Crippen molar-refractivity contribution >= 4 is 47.7 Å². The first-order chi connectivity index (χ1) is 6.24. The molecule has 0 aliphatic carbocycles. The molecule has 0 saturated heterocycles. The number of thiophene rings is 1. The van der Waals surface area contributed by atoms with E-state index in [4.69, 9.17) is 0 Å². The van der Waals surface area contributed by atoms with Gasteiger partial charge in [0.1, 0.15) is 0 Å². The van der Waals surface area contributed by atoms with Crippen LogP contribution in [0.2, 0.25) is 0 Å². The van der Waals surface area contributed by atoms with Crippen molar-refractivity contribution in [3.63, 3.8) is 0 Å². The van der Waals surface area contributed by atoms with Gasteiger partial charge in [-0.05, 0) is 0 Å². The van der Waals surface area contributed by atoms with Crippen LogP contribution in [0.15, 0.2) is 9.85 Å². The predicted octanol–water partition coefficient (Wildman–Crippen LogP) is 4.38. The average Bonchev–Trinajstić information content (AvgIpc) is 2.39. The summed E-state index contributed by atoms with van der Waals surface area (Å²) in [6.45, 7) is 2.26. The molecule has 77 valence electrons. The Bertz CT molecular complexity index is 261. The van der Waals surface area contributed by atoms with E-state index in [-0.39, 0.29) is 17.0 Å². The number of rotatable bonds is 5. The molecule has 0 bridgehead atoms. The van der Waals surface area contributed by atoms with Crippen LogP contribution in [0, 0.1) is 0 Å². The summed E-state index contributed by atoms with van der Waals surface area (Å²) in [7, 11) is 0. The van der Waals surface area contributed by atoms with E-state index in [1.165, 1.54) is 63.2 Å². The van der Waals surface area contributed by atoms with Gasteiger partial charge < -0.3 is 0 Å². The van der Waals surface area contributed by atoms with Crippen LogP contribution in [0.4, 0.5) is 0 Å². The molecule has 0 fully saturated rings. The molecule has 0 aliphatic rings. The van der Waals surface area contributed by atoms with Crippen LogP contribution in [0.5, 0.6) is 0 Å². The minimum atomic E-state index is 0. The summed E-state index contributed by atoms with van der Waals surface area (Å²) in [6, 6.07) is 2.36. The maximum atomic E-state index is 3.62. The normalized spacial score (nSPS) is 10.0. The Morgan fingerprint density at radius 2 is 2.07 bits per heavy atom. The zero-order valence-electron chi connectivity index (χ0n) is 8.51. The fourth-order valence-electron chi connectivity index (χ4n) is 1.37. The van der Waals surface area contributed by atoms with Gasteiger partial charge in [0, 0.05) is 0 Å². The van der Waals surface area contributed by atoms with E-state index in [0.29, 0.717) is 0 Å². The molecule has 0 saturated carbocycles. The van der Waals surface area contributed by atoms with Gasteiger partial charge in [0.15, 0.2) is 0 Å². The molecule has 0 atom stereocenters. The Morgan fingerprint density at radius 1 is 1.36 bits per heavy atom. The first kappa shape index (κ1) is 15.3. The maximum absolute atomic E-state index is 3.62. The third kappa shape index (κ3) is 5.39. The van der Waals surface area contributed by atoms with Gasteiger partial charge in [-0.1, -0.05) is 0 Å². The van der Waals surface area contributed by atoms with E-state index < -0.39 is 0 Å². The van der Waals surface area contributed by atoms with Gasteiger partial charge in [-0.2, -0.15) is 0 Å². The Morgan fingerprint density at radius 3 is 2.57 bits per heavy atom. The third-order valence-corrected chi connectivity index (χ3v) is 5.26. The van der Waals surface area contributed by atoms with Crippen molar-refractivity contribution in [3.05, 3.63) is 15.4 Å². The zero-order chi connectivity index (χ0) is 9.68. The van der Waals surface area contributed by atoms with Crippen LogP contribution in [0.1, 0.15) is 38.2 Å². The van der Waals surface area contributed by atoms with Crippen molar-refractivity contribution in [3.8, 4) is 0 Å². The summed E-state index contributed by atoms with van der Waals surface area (Å²) in [5.74, 6) is 0. The number of unbranched alkanes of at least 4 members (excludes halogenated alkanes) is 3. The quantitative estimate of drug-likeness (QED) is 0.515. The van der Waals surface area contributed by atoms with Gasteiger partial charge in [-0.15, -0.1) is 17.0 Å². The molecule has 1 rings (SSSR count). The third-order valence-electron chi connectivity index (χ3n) is 2.11. The minimum absolute atomic E-state index is 0. The topological polar surface area (TPSA) is 0 Å². The first-order valence-corrected chi connectivity index (χ1v) is 7.93. The molecule has 1 heterocycles. The van der Waals surface area contributed by atoms with E-state index in [9.17, 15) is 0 Å². The van der Waals surface area contributed by atoms with Crippen molar-refractivity contribution in [2.24, 2.45) is 0 Å². The summed E-state index contributed by atoms with van der Waals surface area (Å²) in [5, 5.41) is 0. The van der Waals surface area contributed by atoms with Crippen LogP contribution < -0.4 is 3.47 Å². The van der Waals surface area contributed by atoms with Crippen molar-refractivity contribution in [2.45, 2.75) is 39.0 Å². The monoisotopic (exact) mass is 389 g/mol. The van der Waals surface area contributed by atoms with Crippen LogP contribution >= 0.6 is 44.2 Å². The second-order valence-electron chi connectivity index (χ2n) is 3.32. The molecule has 0 unspecified atom stereocenters. The van der Waals surface area contributed by atoms with Crippen LogP contribution in [0.3, 0.4) is 0 Å². The average molecular weight is 392 g/mol. The van der Waals surface area contributed by atoms with Gasteiger partial charge in [0.2, 0.25) is 0 Å². The molecule has 0 spiro atoms. The molecule has 4 heteroatoms. The zero-order valence-corrected chi connectivity index (χ0v) is 15.6. The number of halogens is 2. The molecule has 0 N–H and O–H groups in total. The van der Waals surface area contributed by atoms with Crippen molar-refractivity contribution in [1.29, 1.82) is 0 Å². The molecule has 0 aromatic carbocycles. The summed E-state index contributed by atoms with van der Waals surface area (Å²) in [5.41, 5.74) is 1.53. The molecule has 0 nitrogen and oxygen atoms in total. The molecular weight excluding hydrogens is 377 g/mol. The number of hydrogen-bond acceptors (Lipinski definition) is 1. The van der Waals surface area contributed by atoms with Crippen LogP contribution in [0.25, 0.3) is 0 Å². The summed E-state index contributed by atoms with van der Waals surface area (Å²) < 4.78 is 2.91. The Balaban J connectivity index is 0.00000169. The Hall–Kier alpha value is 1.28. The predicted molar refractivity (Wildman–Crippen MR) is 69.8 cm³/mol. The van der Waals surface area contributed by atoms with Gasteiger partial charge >= 0.3 is 103 Å². The van der Waals surface area contributed by atoms with E-state index in [2.05, 4.69) is 28.9 Å². The molecule has 14 heavy (non-hydrogen) atoms. The Labute approximate surface area is 119 Å². The summed E-state index contributed by atoms with van der Waals surface area (Å²) in [6.07, 6.45) is 6.71. The van der Waals surface area contributed by atoms with Crippen molar-refractivity contribution < 1.29 is 18.3 Å². The molecular formula is C10H15Br2SZn. The van der Waals surface area contributed by atoms with E-state index in [1.807, 2.05) is 11.3 Å². The van der Waals surface area contributed by atoms with Crippen LogP contribution in [-0.2, 0) is 24.7 Å². The number of aryl methyl sites for hydroxylation is 1. The standard InChI is InChI=1S/C10H14BrS.BrH.Zn/c1-2-3-4-5-6-9-7-8-12-10(9)11;;/h7H,2-6H2,1H3;1H;. The summed E-state index contributed by atoms with van der Waals surface area (Å²) in [4.78, 5) is 0. The van der Waals surface area contributed by atoms with Gasteiger partial charge in [0.25, 0.3) is 0 Å². The fraction of sp³-hybridized carbons (Fsp3) is 0.600. The SMILES string of the molecule is Br.CCCCCCc1c[c]([Zn])sc1Br. The van der Waals surface area contributed by atoms with E-state index >= 15 is 0 Å². The molecule has 1 aromatic heterocycles.